The Morgan fingerprint density at radius 2 is 1.79 bits per heavy atom. The van der Waals surface area contributed by atoms with Crippen LogP contribution in [0.5, 0.6) is 0 Å². The minimum atomic E-state index is -3.70. The molecular formula is C23H29N5O5S. The summed E-state index contributed by atoms with van der Waals surface area (Å²) >= 11 is 0. The van der Waals surface area contributed by atoms with E-state index in [1.165, 1.54) is 16.4 Å². The Balaban J connectivity index is 1.49. The van der Waals surface area contributed by atoms with Gasteiger partial charge in [-0.15, -0.1) is 5.10 Å². The average molecular weight is 488 g/mol. The number of hydrogen-bond donors (Lipinski definition) is 1. The summed E-state index contributed by atoms with van der Waals surface area (Å²) in [4.78, 5) is 19.6. The molecule has 0 radical (unpaired) electrons. The predicted octanol–water partition coefficient (Wildman–Crippen LogP) is 2.21. The molecule has 2 heterocycles. The van der Waals surface area contributed by atoms with Crippen molar-refractivity contribution < 1.29 is 22.8 Å². The molecule has 1 aromatic heterocycles. The van der Waals surface area contributed by atoms with Crippen LogP contribution in [-0.4, -0.2) is 66.2 Å². The molecule has 10 nitrogen and oxygen atoms in total. The molecule has 11 heteroatoms. The molecule has 4 rings (SSSR count). The summed E-state index contributed by atoms with van der Waals surface area (Å²) in [6.07, 6.45) is -0.910. The van der Waals surface area contributed by atoms with E-state index in [1.54, 1.807) is 13.0 Å². The zero-order valence-corrected chi connectivity index (χ0v) is 20.5. The molecule has 1 saturated heterocycles. The highest BCUT2D eigenvalue weighted by Gasteiger charge is 2.27. The molecule has 0 saturated carbocycles. The molecule has 0 spiro atoms. The maximum absolute atomic E-state index is 13.0. The molecule has 1 atom stereocenters. The number of rotatable bonds is 6. The number of ether oxygens (including phenoxy) is 1. The van der Waals surface area contributed by atoms with Gasteiger partial charge in [0.05, 0.1) is 18.1 Å². The number of hydrogen-bond acceptors (Lipinski definition) is 7. The molecular weight excluding hydrogens is 458 g/mol. The lowest BCUT2D eigenvalue weighted by atomic mass is 9.87. The number of nitrogens with zero attached hydrogens (tertiary/aromatic N) is 4. The van der Waals surface area contributed by atoms with Gasteiger partial charge < -0.3 is 14.9 Å². The fourth-order valence-corrected chi connectivity index (χ4v) is 4.98. The summed E-state index contributed by atoms with van der Waals surface area (Å²) in [5.74, 6) is -0.371. The lowest BCUT2D eigenvalue weighted by molar-refractivity contribution is -0.127. The number of nitrogens with one attached hydrogen (secondary N) is 1. The Bertz CT molecular complexity index is 1280. The number of amides is 1. The first-order chi connectivity index (χ1) is 16.1. The van der Waals surface area contributed by atoms with Gasteiger partial charge in [0, 0.05) is 18.8 Å². The zero-order chi connectivity index (χ0) is 24.5. The summed E-state index contributed by atoms with van der Waals surface area (Å²) in [6.45, 7) is 9.25. The molecule has 1 unspecified atom stereocenters. The molecule has 1 amide bonds. The van der Waals surface area contributed by atoms with Crippen LogP contribution < -0.4 is 10.2 Å². The first-order valence-corrected chi connectivity index (χ1v) is 12.5. The van der Waals surface area contributed by atoms with Crippen LogP contribution in [0.15, 0.2) is 47.4 Å². The van der Waals surface area contributed by atoms with Crippen molar-refractivity contribution in [2.24, 2.45) is 0 Å². The number of benzene rings is 2. The average Bonchev–Trinajstić information content (AvgIpc) is 3.21. The molecule has 1 N–H and O–H groups in total. The largest absolute Gasteiger partial charge is 0.382 e. The second-order valence-corrected chi connectivity index (χ2v) is 11.1. The van der Waals surface area contributed by atoms with E-state index in [2.05, 4.69) is 36.4 Å². The van der Waals surface area contributed by atoms with E-state index in [1.807, 2.05) is 24.3 Å². The Kier molecular flexibility index (Phi) is 6.61. The number of anilines is 1. The van der Waals surface area contributed by atoms with Gasteiger partial charge in [0.2, 0.25) is 16.1 Å². The number of sulfonamides is 1. The van der Waals surface area contributed by atoms with Crippen LogP contribution >= 0.6 is 0 Å². The summed E-state index contributed by atoms with van der Waals surface area (Å²) in [7, 11) is -3.70. The van der Waals surface area contributed by atoms with Crippen molar-refractivity contribution in [2.75, 3.05) is 31.6 Å². The van der Waals surface area contributed by atoms with Crippen LogP contribution in [0, 0.1) is 0 Å². The van der Waals surface area contributed by atoms with Gasteiger partial charge in [0.15, 0.2) is 0 Å². The first-order valence-electron chi connectivity index (χ1n) is 11.1. The highest BCUT2D eigenvalue weighted by atomic mass is 32.2. The number of carbonyl (C=O) groups excluding carboxylic acids is 1. The number of aromatic nitrogens is 3. The Hall–Kier alpha value is -3.02. The van der Waals surface area contributed by atoms with Gasteiger partial charge in [-0.3, -0.25) is 4.79 Å². The fourth-order valence-electron chi connectivity index (χ4n) is 3.55. The quantitative estimate of drug-likeness (QED) is 0.567. The molecule has 0 bridgehead atoms. The topological polar surface area (TPSA) is 116 Å². The highest BCUT2D eigenvalue weighted by molar-refractivity contribution is 7.89. The van der Waals surface area contributed by atoms with Crippen LogP contribution in [-0.2, 0) is 25.0 Å². The van der Waals surface area contributed by atoms with Crippen molar-refractivity contribution in [1.82, 2.24) is 19.5 Å². The van der Waals surface area contributed by atoms with Gasteiger partial charge >= 0.3 is 0 Å². The molecule has 182 valence electrons. The molecule has 1 aliphatic rings. The van der Waals surface area contributed by atoms with Crippen LogP contribution in [0.2, 0.25) is 0 Å². The van der Waals surface area contributed by atoms with Crippen molar-refractivity contribution in [3.05, 3.63) is 48.0 Å². The van der Waals surface area contributed by atoms with Crippen molar-refractivity contribution in [2.45, 2.75) is 44.1 Å². The maximum Gasteiger partial charge on any atom is 0.267 e. The standard InChI is InChI=1S/C23H29N5O5S/c1-16(22(29)24-18-7-5-17(6-8-18)23(2,3)4)33-28-21-15-19(9-10-20(21)25-26-28)34(30,31)27-11-13-32-14-12-27/h5-10,15-16H,11-14H2,1-4H3,(H,24,29). The van der Waals surface area contributed by atoms with Gasteiger partial charge in [-0.25, -0.2) is 8.42 Å². The van der Waals surface area contributed by atoms with Crippen molar-refractivity contribution >= 4 is 32.7 Å². The lowest BCUT2D eigenvalue weighted by Gasteiger charge is -2.26. The Labute approximate surface area is 198 Å². The van der Waals surface area contributed by atoms with Gasteiger partial charge in [-0.05, 0) is 53.4 Å². The Morgan fingerprint density at radius 3 is 2.44 bits per heavy atom. The molecule has 1 fully saturated rings. The van der Waals surface area contributed by atoms with Crippen LogP contribution in [0.25, 0.3) is 11.0 Å². The van der Waals surface area contributed by atoms with Crippen LogP contribution in [0.4, 0.5) is 5.69 Å². The van der Waals surface area contributed by atoms with Crippen LogP contribution in [0.3, 0.4) is 0 Å². The summed E-state index contributed by atoms with van der Waals surface area (Å²) in [5.41, 5.74) is 2.62. The fraction of sp³-hybridized carbons (Fsp3) is 0.435. The van der Waals surface area contributed by atoms with Crippen molar-refractivity contribution in [1.29, 1.82) is 0 Å². The van der Waals surface area contributed by atoms with Gasteiger partial charge in [-0.1, -0.05) is 37.7 Å². The van der Waals surface area contributed by atoms with E-state index in [9.17, 15) is 13.2 Å². The number of carbonyl (C=O) groups is 1. The minimum Gasteiger partial charge on any atom is -0.382 e. The molecule has 1 aliphatic heterocycles. The van der Waals surface area contributed by atoms with Crippen LogP contribution in [0.1, 0.15) is 33.3 Å². The van der Waals surface area contributed by atoms with Gasteiger partial charge in [0.25, 0.3) is 5.91 Å². The van der Waals surface area contributed by atoms with E-state index in [0.717, 1.165) is 10.4 Å². The SMILES string of the molecule is CC(On1nnc2ccc(S(=O)(=O)N3CCOCC3)cc21)C(=O)Nc1ccc(C(C)(C)C)cc1. The summed E-state index contributed by atoms with van der Waals surface area (Å²) in [5, 5.41) is 10.8. The second kappa shape index (κ2) is 9.32. The van der Waals surface area contributed by atoms with Gasteiger partial charge in [0.1, 0.15) is 11.0 Å². The third-order valence-corrected chi connectivity index (χ3v) is 7.53. The predicted molar refractivity (Wildman–Crippen MR) is 127 cm³/mol. The molecule has 0 aliphatic carbocycles. The third kappa shape index (κ3) is 5.06. The number of morpholine rings is 1. The van der Waals surface area contributed by atoms with Crippen molar-refractivity contribution in [3.8, 4) is 0 Å². The molecule has 34 heavy (non-hydrogen) atoms. The van der Waals surface area contributed by atoms with Gasteiger partial charge in [-0.2, -0.15) is 4.31 Å². The maximum atomic E-state index is 13.0. The minimum absolute atomic E-state index is 0.0151. The normalized spacial score (nSPS) is 16.4. The van der Waals surface area contributed by atoms with E-state index in [0.29, 0.717) is 43.0 Å². The summed E-state index contributed by atoms with van der Waals surface area (Å²) in [6, 6.07) is 12.2. The molecule has 2 aromatic carbocycles. The molecule has 3 aromatic rings. The lowest BCUT2D eigenvalue weighted by Crippen LogP contribution is -2.40. The first kappa shape index (κ1) is 24.1. The smallest absolute Gasteiger partial charge is 0.267 e. The van der Waals surface area contributed by atoms with E-state index in [-0.39, 0.29) is 16.2 Å². The van der Waals surface area contributed by atoms with E-state index < -0.39 is 16.1 Å². The zero-order valence-electron chi connectivity index (χ0n) is 19.7. The summed E-state index contributed by atoms with van der Waals surface area (Å²) < 4.78 is 32.6. The highest BCUT2D eigenvalue weighted by Crippen LogP contribution is 2.24. The second-order valence-electron chi connectivity index (χ2n) is 9.19. The van der Waals surface area contributed by atoms with Crippen molar-refractivity contribution in [3.63, 3.8) is 0 Å². The third-order valence-electron chi connectivity index (χ3n) is 5.64. The van der Waals surface area contributed by atoms with E-state index in [4.69, 9.17) is 9.57 Å². The van der Waals surface area contributed by atoms with E-state index >= 15 is 0 Å². The Morgan fingerprint density at radius 1 is 1.12 bits per heavy atom. The number of fused-ring (bicyclic) bond motifs is 1. The monoisotopic (exact) mass is 487 g/mol.